The average molecular weight is 618 g/mol. The number of rotatable bonds is 29. The van der Waals surface area contributed by atoms with E-state index in [1.54, 1.807) is 0 Å². The van der Waals surface area contributed by atoms with E-state index in [-0.39, 0.29) is 11.9 Å². The predicted molar refractivity (Wildman–Crippen MR) is 172 cm³/mol. The van der Waals surface area contributed by atoms with E-state index in [2.05, 4.69) is 29.8 Å². The number of methoxy groups -OCH3 is 2. The lowest BCUT2D eigenvalue weighted by Crippen LogP contribution is -2.36. The Balaban J connectivity index is 4.37. The Morgan fingerprint density at radius 2 is 0.897 bits per heavy atom. The third kappa shape index (κ3) is 19.9. The Kier molecular flexibility index (Phi) is 27.0. The molecular formula is C34H65BrO4. The van der Waals surface area contributed by atoms with Crippen LogP contribution in [0.4, 0.5) is 0 Å². The van der Waals surface area contributed by atoms with E-state index in [9.17, 15) is 9.90 Å². The molecule has 0 bridgehead atoms. The van der Waals surface area contributed by atoms with Crippen molar-refractivity contribution in [2.45, 2.75) is 185 Å². The molecule has 0 aromatic rings. The summed E-state index contributed by atoms with van der Waals surface area (Å²) < 4.78 is 9.38. The molecule has 0 saturated heterocycles. The van der Waals surface area contributed by atoms with E-state index in [0.717, 1.165) is 25.7 Å². The van der Waals surface area contributed by atoms with Crippen molar-refractivity contribution in [2.75, 3.05) is 14.2 Å². The second-order valence-corrected chi connectivity index (χ2v) is 12.9. The summed E-state index contributed by atoms with van der Waals surface area (Å²) in [6.45, 7) is 4.53. The number of halogens is 1. The molecule has 0 saturated carbocycles. The first-order valence-corrected chi connectivity index (χ1v) is 17.5. The molecule has 1 unspecified atom stereocenters. The van der Waals surface area contributed by atoms with Crippen molar-refractivity contribution in [3.63, 3.8) is 0 Å². The SMILES string of the molecule is CCCCCCCCCCCCCC/C(=C(\O)OC)C(Br)(CCCCCCCCCCCCCC)C(=O)OC. The lowest BCUT2D eigenvalue weighted by Gasteiger charge is -2.28. The topological polar surface area (TPSA) is 55.8 Å². The lowest BCUT2D eigenvalue weighted by atomic mass is 9.89. The van der Waals surface area contributed by atoms with Crippen LogP contribution in [0.15, 0.2) is 11.5 Å². The summed E-state index contributed by atoms with van der Waals surface area (Å²) in [5.41, 5.74) is 0.631. The van der Waals surface area contributed by atoms with Crippen LogP contribution in [-0.2, 0) is 14.3 Å². The molecular weight excluding hydrogens is 552 g/mol. The Bertz CT molecular complexity index is 592. The van der Waals surface area contributed by atoms with Gasteiger partial charge in [0.25, 0.3) is 5.95 Å². The molecule has 0 radical (unpaired) electrons. The van der Waals surface area contributed by atoms with E-state index in [1.807, 2.05) is 0 Å². The highest BCUT2D eigenvalue weighted by molar-refractivity contribution is 9.10. The molecule has 0 aromatic carbocycles. The molecule has 0 aromatic heterocycles. The highest BCUT2D eigenvalue weighted by Crippen LogP contribution is 2.39. The van der Waals surface area contributed by atoms with Crippen molar-refractivity contribution < 1.29 is 19.4 Å². The first kappa shape index (κ1) is 38.3. The van der Waals surface area contributed by atoms with Gasteiger partial charge < -0.3 is 14.6 Å². The van der Waals surface area contributed by atoms with Gasteiger partial charge in [-0.05, 0) is 19.3 Å². The Morgan fingerprint density at radius 3 is 1.23 bits per heavy atom. The van der Waals surface area contributed by atoms with E-state index >= 15 is 0 Å². The monoisotopic (exact) mass is 616 g/mol. The fourth-order valence-corrected chi connectivity index (χ4v) is 6.30. The van der Waals surface area contributed by atoms with Gasteiger partial charge in [0, 0.05) is 5.57 Å². The normalized spacial score (nSPS) is 13.7. The second-order valence-electron chi connectivity index (χ2n) is 11.6. The second kappa shape index (κ2) is 27.5. The first-order chi connectivity index (χ1) is 19.0. The van der Waals surface area contributed by atoms with Crippen molar-refractivity contribution in [3.8, 4) is 0 Å². The van der Waals surface area contributed by atoms with Gasteiger partial charge in [-0.2, -0.15) is 0 Å². The summed E-state index contributed by atoms with van der Waals surface area (Å²) in [7, 11) is 2.89. The van der Waals surface area contributed by atoms with Gasteiger partial charge in [0.1, 0.15) is 0 Å². The summed E-state index contributed by atoms with van der Waals surface area (Å²) in [6.07, 6.45) is 31.9. The molecule has 0 heterocycles. The Hall–Kier alpha value is -0.710. The van der Waals surface area contributed by atoms with Gasteiger partial charge in [-0.3, -0.25) is 4.79 Å². The number of alkyl halides is 1. The third-order valence-corrected chi connectivity index (χ3v) is 9.29. The van der Waals surface area contributed by atoms with Crippen LogP contribution >= 0.6 is 15.9 Å². The summed E-state index contributed by atoms with van der Waals surface area (Å²) in [5.74, 6) is -0.484. The summed E-state index contributed by atoms with van der Waals surface area (Å²) in [6, 6.07) is 0. The van der Waals surface area contributed by atoms with Gasteiger partial charge in [-0.1, -0.05) is 177 Å². The largest absolute Gasteiger partial charge is 0.481 e. The molecule has 0 spiro atoms. The maximum Gasteiger partial charge on any atom is 0.327 e. The molecule has 5 heteroatoms. The molecule has 0 amide bonds. The minimum atomic E-state index is -1.02. The number of unbranched alkanes of at least 4 members (excludes halogenated alkanes) is 22. The number of hydrogen-bond acceptors (Lipinski definition) is 4. The lowest BCUT2D eigenvalue weighted by molar-refractivity contribution is -0.142. The van der Waals surface area contributed by atoms with E-state index in [0.29, 0.717) is 18.4 Å². The van der Waals surface area contributed by atoms with Crippen LogP contribution in [0.3, 0.4) is 0 Å². The molecule has 0 aliphatic rings. The van der Waals surface area contributed by atoms with Gasteiger partial charge >= 0.3 is 5.97 Å². The molecule has 1 N–H and O–H groups in total. The Labute approximate surface area is 251 Å². The summed E-state index contributed by atoms with van der Waals surface area (Å²) in [4.78, 5) is 12.9. The average Bonchev–Trinajstić information content (AvgIpc) is 2.95. The molecule has 0 rings (SSSR count). The molecule has 0 aliphatic carbocycles. The van der Waals surface area contributed by atoms with Crippen LogP contribution in [0.5, 0.6) is 0 Å². The minimum absolute atomic E-state index is 0.140. The van der Waals surface area contributed by atoms with Crippen LogP contribution < -0.4 is 0 Å². The number of hydrogen-bond donors (Lipinski definition) is 1. The third-order valence-electron chi connectivity index (χ3n) is 8.09. The zero-order valence-electron chi connectivity index (χ0n) is 26.4. The van der Waals surface area contributed by atoms with Crippen molar-refractivity contribution in [1.29, 1.82) is 0 Å². The fraction of sp³-hybridized carbons (Fsp3) is 0.912. The number of aliphatic hydroxyl groups is 1. The molecule has 0 aliphatic heterocycles. The van der Waals surface area contributed by atoms with Gasteiger partial charge in [-0.15, -0.1) is 0 Å². The number of esters is 1. The highest BCUT2D eigenvalue weighted by Gasteiger charge is 2.42. The maximum atomic E-state index is 12.9. The van der Waals surface area contributed by atoms with Crippen molar-refractivity contribution in [1.82, 2.24) is 0 Å². The predicted octanol–water partition coefficient (Wildman–Crippen LogP) is 11.9. The molecule has 39 heavy (non-hydrogen) atoms. The van der Waals surface area contributed by atoms with Crippen LogP contribution in [0, 0.1) is 0 Å². The van der Waals surface area contributed by atoms with Crippen molar-refractivity contribution in [3.05, 3.63) is 11.5 Å². The molecule has 0 fully saturated rings. The highest BCUT2D eigenvalue weighted by atomic mass is 79.9. The van der Waals surface area contributed by atoms with Crippen molar-refractivity contribution in [2.24, 2.45) is 0 Å². The zero-order chi connectivity index (χ0) is 29.0. The van der Waals surface area contributed by atoms with E-state index < -0.39 is 4.32 Å². The van der Waals surface area contributed by atoms with Gasteiger partial charge in [0.15, 0.2) is 4.32 Å². The number of ether oxygens (including phenoxy) is 2. The van der Waals surface area contributed by atoms with E-state index in [4.69, 9.17) is 9.47 Å². The quantitative estimate of drug-likeness (QED) is 0.0393. The molecule has 1 atom stereocenters. The van der Waals surface area contributed by atoms with Gasteiger partial charge in [0.05, 0.1) is 14.2 Å². The number of carbonyl (C=O) groups excluding carboxylic acids is 1. The first-order valence-electron chi connectivity index (χ1n) is 16.7. The molecule has 232 valence electrons. The minimum Gasteiger partial charge on any atom is -0.481 e. The van der Waals surface area contributed by atoms with Gasteiger partial charge in [-0.25, -0.2) is 0 Å². The Morgan fingerprint density at radius 1 is 0.564 bits per heavy atom. The standard InChI is InChI=1S/C34H65BrO4/c1-5-7-9-11-13-15-17-19-21-23-25-27-29-31(32(36)38-3)34(35,33(37)39-4)30-28-26-24-22-20-18-16-14-12-10-8-6-2/h36H,5-30H2,1-4H3/b32-31-. The van der Waals surface area contributed by atoms with E-state index in [1.165, 1.54) is 143 Å². The smallest absolute Gasteiger partial charge is 0.327 e. The zero-order valence-corrected chi connectivity index (χ0v) is 28.0. The molecule has 4 nitrogen and oxygen atoms in total. The number of carbonyl (C=O) groups is 1. The van der Waals surface area contributed by atoms with Crippen LogP contribution in [0.25, 0.3) is 0 Å². The summed E-state index contributed by atoms with van der Waals surface area (Å²) in [5, 5.41) is 10.6. The van der Waals surface area contributed by atoms with Crippen LogP contribution in [-0.4, -0.2) is 29.6 Å². The maximum absolute atomic E-state index is 12.9. The summed E-state index contributed by atoms with van der Waals surface area (Å²) >= 11 is 3.71. The fourth-order valence-electron chi connectivity index (χ4n) is 5.49. The van der Waals surface area contributed by atoms with Crippen molar-refractivity contribution >= 4 is 21.9 Å². The van der Waals surface area contributed by atoms with Crippen LogP contribution in [0.1, 0.15) is 181 Å². The van der Waals surface area contributed by atoms with Gasteiger partial charge in [0.2, 0.25) is 0 Å². The van der Waals surface area contributed by atoms with Crippen LogP contribution in [0.2, 0.25) is 0 Å². The number of aliphatic hydroxyl groups excluding tert-OH is 1.